The third kappa shape index (κ3) is 4.56. The van der Waals surface area contributed by atoms with Crippen molar-refractivity contribution in [3.63, 3.8) is 0 Å². The second-order valence-electron chi connectivity index (χ2n) is 7.29. The number of benzene rings is 1. The summed E-state index contributed by atoms with van der Waals surface area (Å²) in [4.78, 5) is 30.5. The van der Waals surface area contributed by atoms with E-state index in [1.807, 2.05) is 61.7 Å². The summed E-state index contributed by atoms with van der Waals surface area (Å²) in [5.41, 5.74) is 1.63. The summed E-state index contributed by atoms with van der Waals surface area (Å²) in [6.45, 7) is 5.41. The van der Waals surface area contributed by atoms with Gasteiger partial charge in [-0.1, -0.05) is 43.3 Å². The Morgan fingerprint density at radius 1 is 0.933 bits per heavy atom. The van der Waals surface area contributed by atoms with Crippen LogP contribution in [0.3, 0.4) is 0 Å². The minimum Gasteiger partial charge on any atom is -0.353 e. The van der Waals surface area contributed by atoms with Crippen LogP contribution >= 0.6 is 0 Å². The van der Waals surface area contributed by atoms with Crippen LogP contribution in [0, 0.1) is 0 Å². The van der Waals surface area contributed by atoms with Gasteiger partial charge in [0.1, 0.15) is 5.82 Å². The molecule has 0 radical (unpaired) electrons. The topological polar surface area (TPSA) is 74.2 Å². The molecule has 0 saturated carbocycles. The fourth-order valence-corrected chi connectivity index (χ4v) is 3.71. The zero-order chi connectivity index (χ0) is 20.8. The van der Waals surface area contributed by atoms with Crippen LogP contribution in [0.4, 0.5) is 17.5 Å². The maximum Gasteiger partial charge on any atom is 0.231 e. The number of amides is 1. The number of hydrogen-bond acceptors (Lipinski definition) is 6. The summed E-state index contributed by atoms with van der Waals surface area (Å²) in [7, 11) is 0. The number of pyridine rings is 1. The number of aromatic nitrogens is 3. The van der Waals surface area contributed by atoms with Gasteiger partial charge in [0.2, 0.25) is 11.9 Å². The first kappa shape index (κ1) is 19.8. The molecule has 0 aliphatic carbocycles. The fraction of sp³-hybridized carbons (Fsp3) is 0.304. The Hall–Kier alpha value is -3.48. The first-order valence-corrected chi connectivity index (χ1v) is 10.3. The lowest BCUT2D eigenvalue weighted by atomic mass is 9.95. The first-order chi connectivity index (χ1) is 14.7. The van der Waals surface area contributed by atoms with E-state index in [9.17, 15) is 4.79 Å². The van der Waals surface area contributed by atoms with Crippen LogP contribution in [0.15, 0.2) is 67.1 Å². The van der Waals surface area contributed by atoms with Gasteiger partial charge in [0.25, 0.3) is 0 Å². The number of piperazine rings is 1. The molecule has 30 heavy (non-hydrogen) atoms. The summed E-state index contributed by atoms with van der Waals surface area (Å²) in [5, 5.41) is 2.95. The normalized spacial score (nSPS) is 15.0. The van der Waals surface area contributed by atoms with E-state index in [1.165, 1.54) is 0 Å². The van der Waals surface area contributed by atoms with Gasteiger partial charge in [0.05, 0.1) is 24.0 Å². The monoisotopic (exact) mass is 402 g/mol. The van der Waals surface area contributed by atoms with Gasteiger partial charge in [-0.05, 0) is 24.1 Å². The van der Waals surface area contributed by atoms with Gasteiger partial charge in [-0.15, -0.1) is 0 Å². The number of nitrogens with one attached hydrogen (secondary N) is 1. The van der Waals surface area contributed by atoms with Crippen LogP contribution in [0.1, 0.15) is 24.8 Å². The Labute approximate surface area is 176 Å². The van der Waals surface area contributed by atoms with Crippen molar-refractivity contribution in [2.45, 2.75) is 19.3 Å². The predicted molar refractivity (Wildman–Crippen MR) is 119 cm³/mol. The molecule has 1 aliphatic rings. The molecular weight excluding hydrogens is 376 g/mol. The van der Waals surface area contributed by atoms with Crippen molar-refractivity contribution < 1.29 is 4.79 Å². The van der Waals surface area contributed by atoms with Crippen LogP contribution in [0.2, 0.25) is 0 Å². The fourth-order valence-electron chi connectivity index (χ4n) is 3.71. The van der Waals surface area contributed by atoms with Crippen molar-refractivity contribution in [1.29, 1.82) is 0 Å². The zero-order valence-corrected chi connectivity index (χ0v) is 17.1. The van der Waals surface area contributed by atoms with Crippen LogP contribution < -0.4 is 15.1 Å². The minimum absolute atomic E-state index is 0.0379. The van der Waals surface area contributed by atoms with Gasteiger partial charge in [-0.2, -0.15) is 0 Å². The summed E-state index contributed by atoms with van der Waals surface area (Å²) >= 11 is 0. The van der Waals surface area contributed by atoms with Crippen molar-refractivity contribution >= 4 is 23.4 Å². The van der Waals surface area contributed by atoms with E-state index in [1.54, 1.807) is 12.4 Å². The highest BCUT2D eigenvalue weighted by Crippen LogP contribution is 2.22. The molecule has 1 atom stereocenters. The molecule has 4 rings (SSSR count). The number of nitrogens with zero attached hydrogens (tertiary/aromatic N) is 5. The number of anilines is 3. The van der Waals surface area contributed by atoms with Crippen LogP contribution in [0.5, 0.6) is 0 Å². The van der Waals surface area contributed by atoms with Gasteiger partial charge < -0.3 is 15.1 Å². The summed E-state index contributed by atoms with van der Waals surface area (Å²) in [6, 6.07) is 15.8. The van der Waals surface area contributed by atoms with Crippen LogP contribution in [-0.2, 0) is 4.79 Å². The largest absolute Gasteiger partial charge is 0.353 e. The molecule has 0 bridgehead atoms. The molecule has 2 aromatic heterocycles. The lowest BCUT2D eigenvalue weighted by molar-refractivity contribution is -0.117. The van der Waals surface area contributed by atoms with Crippen molar-refractivity contribution in [2.24, 2.45) is 0 Å². The van der Waals surface area contributed by atoms with E-state index in [2.05, 4.69) is 30.1 Å². The number of rotatable bonds is 6. The SMILES string of the molecule is CCC(C(=O)Nc1cnc(N2CCN(c3ccccn3)CC2)nc1)c1ccccc1. The molecule has 7 nitrogen and oxygen atoms in total. The Morgan fingerprint density at radius 3 is 2.23 bits per heavy atom. The Morgan fingerprint density at radius 2 is 1.60 bits per heavy atom. The molecule has 0 spiro atoms. The molecule has 1 aliphatic heterocycles. The third-order valence-electron chi connectivity index (χ3n) is 5.37. The third-order valence-corrected chi connectivity index (χ3v) is 5.37. The average molecular weight is 403 g/mol. The minimum atomic E-state index is -0.189. The lowest BCUT2D eigenvalue weighted by Crippen LogP contribution is -2.47. The van der Waals surface area contributed by atoms with Crippen molar-refractivity contribution in [2.75, 3.05) is 41.3 Å². The van der Waals surface area contributed by atoms with Gasteiger partial charge in [0, 0.05) is 32.4 Å². The van der Waals surface area contributed by atoms with E-state index in [-0.39, 0.29) is 11.8 Å². The Balaban J connectivity index is 1.35. The number of carbonyl (C=O) groups is 1. The lowest BCUT2D eigenvalue weighted by Gasteiger charge is -2.35. The molecule has 3 heterocycles. The molecule has 7 heteroatoms. The standard InChI is InChI=1S/C23H26N6O/c1-2-20(18-8-4-3-5-9-18)22(30)27-19-16-25-23(26-17-19)29-14-12-28(13-15-29)21-10-6-7-11-24-21/h3-11,16-17,20H,2,12-15H2,1H3,(H,27,30). The molecule has 1 aromatic carbocycles. The predicted octanol–water partition coefficient (Wildman–Crippen LogP) is 3.33. The maximum atomic E-state index is 12.7. The van der Waals surface area contributed by atoms with Gasteiger partial charge in [0.15, 0.2) is 0 Å². The molecule has 3 aromatic rings. The molecule has 1 amide bonds. The van der Waals surface area contributed by atoms with E-state index in [0.717, 1.165) is 44.0 Å². The smallest absolute Gasteiger partial charge is 0.231 e. The second kappa shape index (κ2) is 9.35. The van der Waals surface area contributed by atoms with Gasteiger partial charge in [-0.3, -0.25) is 4.79 Å². The van der Waals surface area contributed by atoms with Gasteiger partial charge >= 0.3 is 0 Å². The molecule has 1 N–H and O–H groups in total. The Bertz CT molecular complexity index is 940. The van der Waals surface area contributed by atoms with Crippen molar-refractivity contribution in [3.05, 3.63) is 72.7 Å². The highest BCUT2D eigenvalue weighted by atomic mass is 16.1. The summed E-state index contributed by atoms with van der Waals surface area (Å²) in [6.07, 6.45) is 5.92. The van der Waals surface area contributed by atoms with E-state index < -0.39 is 0 Å². The molecule has 1 saturated heterocycles. The van der Waals surface area contributed by atoms with Crippen molar-refractivity contribution in [3.8, 4) is 0 Å². The molecule has 1 unspecified atom stereocenters. The zero-order valence-electron chi connectivity index (χ0n) is 17.1. The maximum absolute atomic E-state index is 12.7. The quantitative estimate of drug-likeness (QED) is 0.682. The highest BCUT2D eigenvalue weighted by molar-refractivity contribution is 5.95. The summed E-state index contributed by atoms with van der Waals surface area (Å²) in [5.74, 6) is 1.46. The molecule has 154 valence electrons. The molecular formula is C23H26N6O. The number of hydrogen-bond donors (Lipinski definition) is 1. The Kier molecular flexibility index (Phi) is 6.17. The van der Waals surface area contributed by atoms with E-state index in [0.29, 0.717) is 11.6 Å². The number of carbonyl (C=O) groups excluding carboxylic acids is 1. The highest BCUT2D eigenvalue weighted by Gasteiger charge is 2.21. The van der Waals surface area contributed by atoms with Gasteiger partial charge in [-0.25, -0.2) is 15.0 Å². The average Bonchev–Trinajstić information content (AvgIpc) is 2.81. The van der Waals surface area contributed by atoms with Crippen LogP contribution in [0.25, 0.3) is 0 Å². The summed E-state index contributed by atoms with van der Waals surface area (Å²) < 4.78 is 0. The van der Waals surface area contributed by atoms with E-state index >= 15 is 0 Å². The molecule has 1 fully saturated rings. The second-order valence-corrected chi connectivity index (χ2v) is 7.29. The van der Waals surface area contributed by atoms with E-state index in [4.69, 9.17) is 0 Å². The van der Waals surface area contributed by atoms with Crippen LogP contribution in [-0.4, -0.2) is 47.0 Å². The van der Waals surface area contributed by atoms with Crippen molar-refractivity contribution in [1.82, 2.24) is 15.0 Å². The first-order valence-electron chi connectivity index (χ1n) is 10.3.